The Labute approximate surface area is 111 Å². The van der Waals surface area contributed by atoms with E-state index in [4.69, 9.17) is 0 Å². The lowest BCUT2D eigenvalue weighted by Crippen LogP contribution is -1.87. The van der Waals surface area contributed by atoms with E-state index in [2.05, 4.69) is 11.1 Å². The lowest BCUT2D eigenvalue weighted by molar-refractivity contribution is -0.107. The maximum absolute atomic E-state index is 10.1. The van der Waals surface area contributed by atoms with E-state index in [9.17, 15) is 4.79 Å². The van der Waals surface area contributed by atoms with Crippen LogP contribution in [-0.4, -0.2) is 11.3 Å². The highest BCUT2D eigenvalue weighted by atomic mass is 16.1. The van der Waals surface area contributed by atoms with Crippen molar-refractivity contribution >= 4 is 6.29 Å². The SMILES string of the molecule is O=CCCCCCCCCCCc1cccnc1. The number of unbranched alkanes of at least 4 members (excludes halogenated alkanes) is 8. The highest BCUT2D eigenvalue weighted by Crippen LogP contribution is 2.11. The van der Waals surface area contributed by atoms with Gasteiger partial charge in [-0.25, -0.2) is 0 Å². The van der Waals surface area contributed by atoms with Crippen molar-refractivity contribution < 1.29 is 4.79 Å². The maximum Gasteiger partial charge on any atom is 0.119 e. The Balaban J connectivity index is 1.83. The van der Waals surface area contributed by atoms with Crippen LogP contribution in [0.3, 0.4) is 0 Å². The van der Waals surface area contributed by atoms with Crippen LogP contribution in [0.15, 0.2) is 24.5 Å². The van der Waals surface area contributed by atoms with Crippen LogP contribution in [0.1, 0.15) is 63.4 Å². The van der Waals surface area contributed by atoms with E-state index in [0.29, 0.717) is 0 Å². The van der Waals surface area contributed by atoms with E-state index >= 15 is 0 Å². The second-order valence-corrected chi connectivity index (χ2v) is 4.90. The van der Waals surface area contributed by atoms with Gasteiger partial charge in [-0.05, 0) is 30.9 Å². The van der Waals surface area contributed by atoms with Crippen LogP contribution in [0, 0.1) is 0 Å². The average molecular weight is 247 g/mol. The van der Waals surface area contributed by atoms with Gasteiger partial charge in [-0.3, -0.25) is 4.98 Å². The predicted molar refractivity (Wildman–Crippen MR) is 75.6 cm³/mol. The Morgan fingerprint density at radius 1 is 0.944 bits per heavy atom. The number of aryl methyl sites for hydroxylation is 1. The lowest BCUT2D eigenvalue weighted by Gasteiger charge is -2.02. The zero-order valence-corrected chi connectivity index (χ0v) is 11.3. The number of rotatable bonds is 11. The minimum Gasteiger partial charge on any atom is -0.303 e. The van der Waals surface area contributed by atoms with Gasteiger partial charge >= 0.3 is 0 Å². The summed E-state index contributed by atoms with van der Waals surface area (Å²) in [5.74, 6) is 0. The fraction of sp³-hybridized carbons (Fsp3) is 0.625. The minimum absolute atomic E-state index is 0.741. The van der Waals surface area contributed by atoms with Gasteiger partial charge in [-0.2, -0.15) is 0 Å². The van der Waals surface area contributed by atoms with Crippen molar-refractivity contribution in [1.29, 1.82) is 0 Å². The molecule has 0 saturated carbocycles. The highest BCUT2D eigenvalue weighted by molar-refractivity contribution is 5.48. The first-order valence-electron chi connectivity index (χ1n) is 7.26. The van der Waals surface area contributed by atoms with Gasteiger partial charge in [0.25, 0.3) is 0 Å². The Kier molecular flexibility index (Phi) is 9.04. The molecular weight excluding hydrogens is 222 g/mol. The summed E-state index contributed by atoms with van der Waals surface area (Å²) >= 11 is 0. The van der Waals surface area contributed by atoms with Crippen LogP contribution in [0.5, 0.6) is 0 Å². The normalized spacial score (nSPS) is 10.4. The van der Waals surface area contributed by atoms with E-state index in [0.717, 1.165) is 25.5 Å². The standard InChI is InChI=1S/C16H25NO/c18-14-9-7-5-3-1-2-4-6-8-11-16-12-10-13-17-15-16/h10,12-15H,1-9,11H2. The summed E-state index contributed by atoms with van der Waals surface area (Å²) in [6.07, 6.45) is 16.9. The van der Waals surface area contributed by atoms with Crippen LogP contribution in [0.2, 0.25) is 0 Å². The van der Waals surface area contributed by atoms with Crippen LogP contribution >= 0.6 is 0 Å². The molecular formula is C16H25NO. The van der Waals surface area contributed by atoms with Gasteiger partial charge in [0.1, 0.15) is 6.29 Å². The molecule has 0 radical (unpaired) electrons. The van der Waals surface area contributed by atoms with Gasteiger partial charge in [-0.15, -0.1) is 0 Å². The summed E-state index contributed by atoms with van der Waals surface area (Å²) in [6, 6.07) is 4.16. The molecule has 0 aliphatic heterocycles. The largest absolute Gasteiger partial charge is 0.303 e. The Bertz CT molecular complexity index is 297. The number of carbonyl (C=O) groups excluding carboxylic acids is 1. The lowest BCUT2D eigenvalue weighted by atomic mass is 10.0. The molecule has 1 aromatic rings. The van der Waals surface area contributed by atoms with Gasteiger partial charge in [0.2, 0.25) is 0 Å². The Morgan fingerprint density at radius 2 is 1.61 bits per heavy atom. The summed E-state index contributed by atoms with van der Waals surface area (Å²) < 4.78 is 0. The third kappa shape index (κ3) is 7.99. The first-order valence-corrected chi connectivity index (χ1v) is 7.26. The second-order valence-electron chi connectivity index (χ2n) is 4.90. The zero-order valence-electron chi connectivity index (χ0n) is 11.3. The smallest absolute Gasteiger partial charge is 0.119 e. The molecule has 2 nitrogen and oxygen atoms in total. The first-order chi connectivity index (χ1) is 8.93. The monoisotopic (exact) mass is 247 g/mol. The van der Waals surface area contributed by atoms with Gasteiger partial charge in [-0.1, -0.05) is 44.6 Å². The van der Waals surface area contributed by atoms with E-state index in [1.54, 1.807) is 0 Å². The molecule has 0 N–H and O–H groups in total. The number of hydrogen-bond acceptors (Lipinski definition) is 2. The molecule has 1 heterocycles. The average Bonchev–Trinajstić information content (AvgIpc) is 2.42. The third-order valence-electron chi connectivity index (χ3n) is 3.26. The molecule has 1 aromatic heterocycles. The number of hydrogen-bond donors (Lipinski definition) is 0. The number of aldehydes is 1. The van der Waals surface area contributed by atoms with Crippen molar-refractivity contribution in [1.82, 2.24) is 4.98 Å². The van der Waals surface area contributed by atoms with Crippen LogP contribution in [0.25, 0.3) is 0 Å². The van der Waals surface area contributed by atoms with Crippen LogP contribution < -0.4 is 0 Å². The van der Waals surface area contributed by atoms with E-state index in [-0.39, 0.29) is 0 Å². The predicted octanol–water partition coefficient (Wildman–Crippen LogP) is 4.33. The molecule has 0 aliphatic rings. The molecule has 0 aromatic carbocycles. The Morgan fingerprint density at radius 3 is 2.22 bits per heavy atom. The summed E-state index contributed by atoms with van der Waals surface area (Å²) in [7, 11) is 0. The molecule has 18 heavy (non-hydrogen) atoms. The van der Waals surface area contributed by atoms with Crippen LogP contribution in [0.4, 0.5) is 0 Å². The number of carbonyl (C=O) groups is 1. The highest BCUT2D eigenvalue weighted by Gasteiger charge is 1.94. The van der Waals surface area contributed by atoms with Crippen LogP contribution in [-0.2, 0) is 11.2 Å². The molecule has 100 valence electrons. The summed E-state index contributed by atoms with van der Waals surface area (Å²) in [5, 5.41) is 0. The van der Waals surface area contributed by atoms with Crippen molar-refractivity contribution in [3.05, 3.63) is 30.1 Å². The molecule has 0 spiro atoms. The summed E-state index contributed by atoms with van der Waals surface area (Å²) in [5.41, 5.74) is 1.35. The molecule has 0 atom stereocenters. The molecule has 0 aliphatic carbocycles. The van der Waals surface area contributed by atoms with Crippen molar-refractivity contribution in [2.24, 2.45) is 0 Å². The summed E-state index contributed by atoms with van der Waals surface area (Å²) in [6.45, 7) is 0. The molecule has 0 fully saturated rings. The fourth-order valence-electron chi connectivity index (χ4n) is 2.16. The second kappa shape index (κ2) is 10.9. The molecule has 0 unspecified atom stereocenters. The van der Waals surface area contributed by atoms with Crippen molar-refractivity contribution in [2.75, 3.05) is 0 Å². The maximum atomic E-state index is 10.1. The van der Waals surface area contributed by atoms with E-state index < -0.39 is 0 Å². The molecule has 0 saturated heterocycles. The third-order valence-corrected chi connectivity index (χ3v) is 3.26. The van der Waals surface area contributed by atoms with Crippen molar-refractivity contribution in [3.8, 4) is 0 Å². The fourth-order valence-corrected chi connectivity index (χ4v) is 2.16. The quantitative estimate of drug-likeness (QED) is 0.430. The van der Waals surface area contributed by atoms with Gasteiger partial charge in [0, 0.05) is 18.8 Å². The first kappa shape index (κ1) is 14.9. The zero-order chi connectivity index (χ0) is 12.9. The number of aromatic nitrogens is 1. The number of nitrogens with zero attached hydrogens (tertiary/aromatic N) is 1. The van der Waals surface area contributed by atoms with Crippen molar-refractivity contribution in [3.63, 3.8) is 0 Å². The topological polar surface area (TPSA) is 30.0 Å². The summed E-state index contributed by atoms with van der Waals surface area (Å²) in [4.78, 5) is 14.2. The Hall–Kier alpha value is -1.18. The molecule has 2 heteroatoms. The molecule has 0 amide bonds. The van der Waals surface area contributed by atoms with E-state index in [1.165, 1.54) is 50.5 Å². The van der Waals surface area contributed by atoms with Gasteiger partial charge < -0.3 is 4.79 Å². The van der Waals surface area contributed by atoms with E-state index in [1.807, 2.05) is 18.5 Å². The van der Waals surface area contributed by atoms with Crippen molar-refractivity contribution in [2.45, 2.75) is 64.2 Å². The minimum atomic E-state index is 0.741. The number of pyridine rings is 1. The molecule has 1 rings (SSSR count). The molecule has 0 bridgehead atoms. The van der Waals surface area contributed by atoms with Gasteiger partial charge in [0.05, 0.1) is 0 Å². The van der Waals surface area contributed by atoms with Gasteiger partial charge in [0.15, 0.2) is 0 Å².